The summed E-state index contributed by atoms with van der Waals surface area (Å²) in [5.74, 6) is -0.608. The van der Waals surface area contributed by atoms with E-state index in [1.807, 2.05) is 0 Å². The lowest BCUT2D eigenvalue weighted by molar-refractivity contribution is -0.128. The maximum atomic E-state index is 15.3. The van der Waals surface area contributed by atoms with Crippen molar-refractivity contribution in [2.45, 2.75) is 57.0 Å². The Labute approximate surface area is 264 Å². The number of ether oxygens (including phenoxy) is 2. The summed E-state index contributed by atoms with van der Waals surface area (Å²) in [6.45, 7) is 5.10. The molecule has 0 saturated carbocycles. The lowest BCUT2D eigenvalue weighted by Crippen LogP contribution is -2.43. The molecule has 0 bridgehead atoms. The molecule has 0 spiro atoms. The van der Waals surface area contributed by atoms with E-state index >= 15 is 4.39 Å². The van der Waals surface area contributed by atoms with Crippen LogP contribution in [0.25, 0.3) is 22.0 Å². The number of piperidine rings is 1. The topological polar surface area (TPSA) is 69.5 Å². The molecule has 0 aliphatic carbocycles. The zero-order valence-electron chi connectivity index (χ0n) is 25.2. The van der Waals surface area contributed by atoms with Crippen molar-refractivity contribution in [3.63, 3.8) is 0 Å². The highest BCUT2D eigenvalue weighted by Gasteiger charge is 2.32. The second-order valence-corrected chi connectivity index (χ2v) is 11.6. The second kappa shape index (κ2) is 13.5. The summed E-state index contributed by atoms with van der Waals surface area (Å²) < 4.78 is 71.2. The second-order valence-electron chi connectivity index (χ2n) is 11.6. The molecular weight excluding hydrogens is 600 g/mol. The van der Waals surface area contributed by atoms with Gasteiger partial charge in [0.25, 0.3) is 0 Å². The average Bonchev–Trinajstić information content (AvgIpc) is 3.40. The van der Waals surface area contributed by atoms with Gasteiger partial charge in [-0.25, -0.2) is 9.67 Å². The smallest absolute Gasteiger partial charge is 0.393 e. The van der Waals surface area contributed by atoms with Gasteiger partial charge in [0.15, 0.2) is 6.23 Å². The average molecular weight is 635 g/mol. The van der Waals surface area contributed by atoms with E-state index in [1.165, 1.54) is 17.0 Å². The molecule has 1 unspecified atom stereocenters. The van der Waals surface area contributed by atoms with E-state index in [0.717, 1.165) is 25.7 Å². The van der Waals surface area contributed by atoms with Crippen LogP contribution in [0.2, 0.25) is 0 Å². The van der Waals surface area contributed by atoms with E-state index in [-0.39, 0.29) is 34.4 Å². The summed E-state index contributed by atoms with van der Waals surface area (Å²) >= 11 is 0. The number of nitrogens with zero attached hydrogens (tertiary/aromatic N) is 4. The minimum atomic E-state index is -4.53. The first-order chi connectivity index (χ1) is 22.2. The molecule has 2 fully saturated rings. The lowest BCUT2D eigenvalue weighted by atomic mass is 9.88. The van der Waals surface area contributed by atoms with E-state index in [1.54, 1.807) is 65.6 Å². The van der Waals surface area contributed by atoms with E-state index in [9.17, 15) is 18.0 Å². The van der Waals surface area contributed by atoms with E-state index in [4.69, 9.17) is 9.47 Å². The van der Waals surface area contributed by atoms with Crippen LogP contribution in [-0.4, -0.2) is 57.5 Å². The largest absolute Gasteiger partial charge is 0.472 e. The van der Waals surface area contributed by atoms with Gasteiger partial charge >= 0.3 is 6.18 Å². The minimum Gasteiger partial charge on any atom is -0.472 e. The standard InChI is InChI=1S/C35H34F4N4O3/c1-2-31(44)42-17-8-11-26(22-42)46-30-16-14-25(21-40-30)33(28(20-35(37,38)39)23-9-4-3-5-10-23)24-13-15-29-27(19-24)34(36)41-43(29)32-12-6-7-18-45-32/h2-5,9-10,13-16,19,21,26,32H,1,6-8,11-12,17-18,20,22H2/b33-28-/t26-,32?/m1/s1. The fraction of sp³-hybridized carbons (Fsp3) is 0.343. The van der Waals surface area contributed by atoms with Gasteiger partial charge in [0.2, 0.25) is 17.7 Å². The quantitative estimate of drug-likeness (QED) is 0.113. The van der Waals surface area contributed by atoms with Crippen molar-refractivity contribution in [3.05, 3.63) is 102 Å². The van der Waals surface area contributed by atoms with Gasteiger partial charge < -0.3 is 14.4 Å². The van der Waals surface area contributed by atoms with Gasteiger partial charge in [-0.3, -0.25) is 4.79 Å². The third kappa shape index (κ3) is 6.99. The van der Waals surface area contributed by atoms with Gasteiger partial charge in [0, 0.05) is 31.0 Å². The van der Waals surface area contributed by atoms with Crippen molar-refractivity contribution < 1.29 is 31.8 Å². The van der Waals surface area contributed by atoms with E-state index < -0.39 is 24.8 Å². The number of likely N-dealkylation sites (tertiary alicyclic amines) is 1. The molecule has 2 aliphatic heterocycles. The Morgan fingerprint density at radius 1 is 1.02 bits per heavy atom. The zero-order valence-corrected chi connectivity index (χ0v) is 25.2. The molecule has 46 heavy (non-hydrogen) atoms. The van der Waals surface area contributed by atoms with Gasteiger partial charge in [0.1, 0.15) is 6.10 Å². The maximum absolute atomic E-state index is 15.3. The highest BCUT2D eigenvalue weighted by Crippen LogP contribution is 2.40. The molecule has 240 valence electrons. The summed E-state index contributed by atoms with van der Waals surface area (Å²) in [7, 11) is 0. The molecular formula is C35H34F4N4O3. The van der Waals surface area contributed by atoms with E-state index in [0.29, 0.717) is 48.3 Å². The molecule has 0 radical (unpaired) electrons. The number of benzene rings is 2. The van der Waals surface area contributed by atoms with Crippen LogP contribution in [0.15, 0.2) is 79.5 Å². The van der Waals surface area contributed by atoms with Crippen molar-refractivity contribution in [3.8, 4) is 5.88 Å². The molecule has 2 aliphatic rings. The number of hydrogen-bond donors (Lipinski definition) is 0. The molecule has 11 heteroatoms. The normalized spacial score (nSPS) is 19.5. The number of carbonyl (C=O) groups is 1. The predicted molar refractivity (Wildman–Crippen MR) is 166 cm³/mol. The first-order valence-corrected chi connectivity index (χ1v) is 15.4. The lowest BCUT2D eigenvalue weighted by Gasteiger charge is -2.32. The first kappa shape index (κ1) is 31.5. The minimum absolute atomic E-state index is 0.0252. The third-order valence-corrected chi connectivity index (χ3v) is 8.36. The Bertz CT molecular complexity index is 1730. The molecule has 1 amide bonds. The van der Waals surface area contributed by atoms with Crippen LogP contribution in [0, 0.1) is 5.95 Å². The highest BCUT2D eigenvalue weighted by atomic mass is 19.4. The first-order valence-electron chi connectivity index (χ1n) is 15.4. The number of pyridine rings is 1. The number of amides is 1. The molecule has 2 aromatic heterocycles. The fourth-order valence-electron chi connectivity index (χ4n) is 6.22. The predicted octanol–water partition coefficient (Wildman–Crippen LogP) is 7.74. The number of rotatable bonds is 8. The maximum Gasteiger partial charge on any atom is 0.393 e. The number of halogens is 4. The van der Waals surface area contributed by atoms with Gasteiger partial charge in [-0.2, -0.15) is 17.6 Å². The van der Waals surface area contributed by atoms with E-state index in [2.05, 4.69) is 16.7 Å². The van der Waals surface area contributed by atoms with Gasteiger partial charge in [-0.1, -0.05) is 43.0 Å². The Hall–Kier alpha value is -4.51. The van der Waals surface area contributed by atoms with Crippen LogP contribution < -0.4 is 4.74 Å². The van der Waals surface area contributed by atoms with Gasteiger partial charge in [-0.05, 0) is 78.7 Å². The molecule has 2 saturated heterocycles. The number of aromatic nitrogens is 3. The molecule has 4 aromatic rings. The van der Waals surface area contributed by atoms with Crippen molar-refractivity contribution in [1.29, 1.82) is 0 Å². The molecule has 4 heterocycles. The summed E-state index contributed by atoms with van der Waals surface area (Å²) in [5.41, 5.74) is 1.98. The SMILES string of the molecule is C=CC(=O)N1CCC[C@@H](Oc2ccc(/C(=C(/CC(F)(F)F)c3ccccc3)c3ccc4c(c3)c(F)nn4C3CCCCO3)cn2)C1. The molecule has 2 atom stereocenters. The van der Waals surface area contributed by atoms with Gasteiger partial charge in [0.05, 0.1) is 23.9 Å². The van der Waals surface area contributed by atoms with Crippen molar-refractivity contribution in [2.75, 3.05) is 19.7 Å². The number of hydrogen-bond acceptors (Lipinski definition) is 5. The van der Waals surface area contributed by atoms with Crippen LogP contribution in [0.3, 0.4) is 0 Å². The van der Waals surface area contributed by atoms with Crippen LogP contribution in [0.1, 0.15) is 61.4 Å². The number of alkyl halides is 3. The van der Waals surface area contributed by atoms with Crippen LogP contribution in [0.5, 0.6) is 5.88 Å². The summed E-state index contributed by atoms with van der Waals surface area (Å²) in [5, 5.41) is 4.30. The van der Waals surface area contributed by atoms with Crippen molar-refractivity contribution in [1.82, 2.24) is 19.7 Å². The Morgan fingerprint density at radius 3 is 2.52 bits per heavy atom. The molecule has 6 rings (SSSR count). The number of allylic oxidation sites excluding steroid dienone is 1. The molecule has 2 aromatic carbocycles. The summed E-state index contributed by atoms with van der Waals surface area (Å²) in [6, 6.07) is 16.5. The number of carbonyl (C=O) groups excluding carboxylic acids is 1. The Balaban J connectivity index is 1.42. The number of fused-ring (bicyclic) bond motifs is 1. The van der Waals surface area contributed by atoms with Crippen molar-refractivity contribution in [2.24, 2.45) is 0 Å². The molecule has 0 N–H and O–H groups in total. The van der Waals surface area contributed by atoms with Crippen LogP contribution in [0.4, 0.5) is 17.6 Å². The van der Waals surface area contributed by atoms with Crippen LogP contribution >= 0.6 is 0 Å². The summed E-state index contributed by atoms with van der Waals surface area (Å²) in [6.07, 6.45) is 0.332. The highest BCUT2D eigenvalue weighted by molar-refractivity contribution is 6.00. The Kier molecular flexibility index (Phi) is 9.21. The third-order valence-electron chi connectivity index (χ3n) is 8.36. The zero-order chi connectivity index (χ0) is 32.3. The summed E-state index contributed by atoms with van der Waals surface area (Å²) in [4.78, 5) is 18.2. The van der Waals surface area contributed by atoms with Crippen LogP contribution in [-0.2, 0) is 9.53 Å². The molecule has 7 nitrogen and oxygen atoms in total. The van der Waals surface area contributed by atoms with Crippen molar-refractivity contribution >= 4 is 28.0 Å². The Morgan fingerprint density at radius 2 is 1.83 bits per heavy atom. The monoisotopic (exact) mass is 634 g/mol. The van der Waals surface area contributed by atoms with Gasteiger partial charge in [-0.15, -0.1) is 5.10 Å². The fourth-order valence-corrected chi connectivity index (χ4v) is 6.22.